The molecule has 1 amide bonds. The van der Waals surface area contributed by atoms with Crippen LogP contribution in [0.3, 0.4) is 0 Å². The van der Waals surface area contributed by atoms with E-state index in [0.29, 0.717) is 36.8 Å². The highest BCUT2D eigenvalue weighted by atomic mass is 32.2. The molecule has 1 atom stereocenters. The third kappa shape index (κ3) is 5.91. The van der Waals surface area contributed by atoms with Crippen molar-refractivity contribution in [1.29, 1.82) is 0 Å². The fourth-order valence-electron chi connectivity index (χ4n) is 3.48. The highest BCUT2D eigenvalue weighted by molar-refractivity contribution is 7.92. The highest BCUT2D eigenvalue weighted by Gasteiger charge is 2.19. The molecule has 0 saturated carbocycles. The Kier molecular flexibility index (Phi) is 7.10. The Balaban J connectivity index is 1.57. The Morgan fingerprint density at radius 3 is 2.45 bits per heavy atom. The normalized spacial score (nSPS) is 14.1. The molecule has 7 nitrogen and oxygen atoms in total. The maximum atomic E-state index is 12.4. The Bertz CT molecular complexity index is 1050. The molecule has 0 fully saturated rings. The van der Waals surface area contributed by atoms with Gasteiger partial charge in [0.15, 0.2) is 11.5 Å². The Hall–Kier alpha value is -2.74. The quantitative estimate of drug-likeness (QED) is 0.671. The number of carbonyl (C=O) groups is 1. The molecule has 3 rings (SSSR count). The summed E-state index contributed by atoms with van der Waals surface area (Å²) in [4.78, 5) is 12.4. The van der Waals surface area contributed by atoms with Gasteiger partial charge in [-0.3, -0.25) is 9.10 Å². The van der Waals surface area contributed by atoms with Gasteiger partial charge in [0, 0.05) is 13.0 Å². The van der Waals surface area contributed by atoms with Crippen LogP contribution in [-0.2, 0) is 14.8 Å². The summed E-state index contributed by atoms with van der Waals surface area (Å²) < 4.78 is 37.1. The molecule has 0 aliphatic carbocycles. The second-order valence-corrected chi connectivity index (χ2v) is 9.81. The number of sulfonamides is 1. The van der Waals surface area contributed by atoms with Gasteiger partial charge in [-0.05, 0) is 68.1 Å². The second kappa shape index (κ2) is 9.60. The molecule has 1 N–H and O–H groups in total. The molecule has 0 spiro atoms. The van der Waals surface area contributed by atoms with Crippen LogP contribution in [0.1, 0.15) is 42.5 Å². The van der Waals surface area contributed by atoms with Crippen LogP contribution in [0.4, 0.5) is 5.69 Å². The van der Waals surface area contributed by atoms with E-state index in [9.17, 15) is 13.2 Å². The van der Waals surface area contributed by atoms with Crippen molar-refractivity contribution in [3.05, 3.63) is 53.1 Å². The number of fused-ring (bicyclic) bond motifs is 1. The van der Waals surface area contributed by atoms with Crippen LogP contribution in [0.15, 0.2) is 36.4 Å². The summed E-state index contributed by atoms with van der Waals surface area (Å²) in [7, 11) is -3.44. The van der Waals surface area contributed by atoms with Crippen molar-refractivity contribution in [2.45, 2.75) is 39.7 Å². The summed E-state index contributed by atoms with van der Waals surface area (Å²) in [6.07, 6.45) is 1.83. The predicted molar refractivity (Wildman–Crippen MR) is 121 cm³/mol. The van der Waals surface area contributed by atoms with Gasteiger partial charge < -0.3 is 14.8 Å². The number of aryl methyl sites for hydroxylation is 2. The highest BCUT2D eigenvalue weighted by Crippen LogP contribution is 2.32. The van der Waals surface area contributed by atoms with Crippen molar-refractivity contribution in [3.8, 4) is 11.5 Å². The van der Waals surface area contributed by atoms with Crippen molar-refractivity contribution in [2.75, 3.05) is 30.3 Å². The molecule has 0 bridgehead atoms. The number of benzene rings is 2. The van der Waals surface area contributed by atoms with Crippen molar-refractivity contribution >= 4 is 21.6 Å². The van der Waals surface area contributed by atoms with E-state index in [2.05, 4.69) is 5.32 Å². The van der Waals surface area contributed by atoms with Gasteiger partial charge in [0.2, 0.25) is 15.9 Å². The first-order valence-corrected chi connectivity index (χ1v) is 12.2. The molecule has 1 aliphatic rings. The first-order valence-electron chi connectivity index (χ1n) is 10.4. The van der Waals surface area contributed by atoms with Crippen LogP contribution in [0, 0.1) is 13.8 Å². The van der Waals surface area contributed by atoms with Crippen molar-refractivity contribution < 1.29 is 22.7 Å². The summed E-state index contributed by atoms with van der Waals surface area (Å²) in [5, 5.41) is 2.97. The lowest BCUT2D eigenvalue weighted by Gasteiger charge is -2.23. The van der Waals surface area contributed by atoms with Crippen LogP contribution in [0.25, 0.3) is 0 Å². The van der Waals surface area contributed by atoms with Crippen LogP contribution >= 0.6 is 0 Å². The van der Waals surface area contributed by atoms with E-state index >= 15 is 0 Å². The molecule has 0 saturated heterocycles. The third-order valence-corrected chi connectivity index (χ3v) is 6.58. The molecular weight excluding hydrogens is 416 g/mol. The van der Waals surface area contributed by atoms with Crippen LogP contribution in [0.2, 0.25) is 0 Å². The van der Waals surface area contributed by atoms with Crippen molar-refractivity contribution in [1.82, 2.24) is 5.32 Å². The maximum Gasteiger partial charge on any atom is 0.232 e. The van der Waals surface area contributed by atoms with E-state index in [1.807, 2.05) is 51.1 Å². The van der Waals surface area contributed by atoms with E-state index in [1.165, 1.54) is 10.6 Å². The fraction of sp³-hybridized carbons (Fsp3) is 0.435. The van der Waals surface area contributed by atoms with Gasteiger partial charge in [0.25, 0.3) is 0 Å². The summed E-state index contributed by atoms with van der Waals surface area (Å²) in [6.45, 7) is 7.12. The zero-order chi connectivity index (χ0) is 22.6. The average molecular weight is 447 g/mol. The molecule has 0 aromatic heterocycles. The number of anilines is 1. The summed E-state index contributed by atoms with van der Waals surface area (Å²) >= 11 is 0. The van der Waals surface area contributed by atoms with E-state index in [-0.39, 0.29) is 24.9 Å². The lowest BCUT2D eigenvalue weighted by atomic mass is 10.1. The van der Waals surface area contributed by atoms with Crippen LogP contribution in [-0.4, -0.2) is 40.3 Å². The number of amides is 1. The molecule has 168 valence electrons. The minimum atomic E-state index is -3.44. The molecule has 1 aliphatic heterocycles. The molecule has 1 unspecified atom stereocenters. The Labute approximate surface area is 184 Å². The SMILES string of the molecule is Cc1ccc(N(CCCC(=O)NC(C)c2ccc3c(c2)OCCO3)S(C)(=O)=O)cc1C. The van der Waals surface area contributed by atoms with Gasteiger partial charge >= 0.3 is 0 Å². The fourth-order valence-corrected chi connectivity index (χ4v) is 4.43. The topological polar surface area (TPSA) is 84.9 Å². The van der Waals surface area contributed by atoms with Crippen molar-refractivity contribution in [3.63, 3.8) is 0 Å². The van der Waals surface area contributed by atoms with E-state index in [4.69, 9.17) is 9.47 Å². The molecule has 8 heteroatoms. The van der Waals surface area contributed by atoms with Gasteiger partial charge in [0.1, 0.15) is 13.2 Å². The molecule has 2 aromatic carbocycles. The zero-order valence-corrected chi connectivity index (χ0v) is 19.3. The van der Waals surface area contributed by atoms with E-state index in [1.54, 1.807) is 6.07 Å². The number of rotatable bonds is 8. The Morgan fingerprint density at radius 1 is 1.06 bits per heavy atom. The minimum absolute atomic E-state index is 0.129. The third-order valence-electron chi connectivity index (χ3n) is 5.39. The van der Waals surface area contributed by atoms with Crippen LogP contribution < -0.4 is 19.1 Å². The standard InChI is InChI=1S/C23H30N2O5S/c1-16-7-9-20(14-17(16)2)25(31(4,27)28)11-5-6-23(26)24-18(3)19-8-10-21-22(15-19)30-13-12-29-21/h7-10,14-15,18H,5-6,11-13H2,1-4H3,(H,24,26). The number of carbonyl (C=O) groups excluding carboxylic acids is 1. The first kappa shape index (κ1) is 22.9. The van der Waals surface area contributed by atoms with E-state index < -0.39 is 10.0 Å². The summed E-state index contributed by atoms with van der Waals surface area (Å²) in [6, 6.07) is 11.0. The number of ether oxygens (including phenoxy) is 2. The van der Waals surface area contributed by atoms with Gasteiger partial charge in [-0.25, -0.2) is 8.42 Å². The van der Waals surface area contributed by atoms with Gasteiger partial charge in [-0.15, -0.1) is 0 Å². The molecule has 1 heterocycles. The smallest absolute Gasteiger partial charge is 0.232 e. The molecule has 2 aromatic rings. The van der Waals surface area contributed by atoms with Crippen LogP contribution in [0.5, 0.6) is 11.5 Å². The predicted octanol–water partition coefficient (Wildman–Crippen LogP) is 3.50. The van der Waals surface area contributed by atoms with Gasteiger partial charge in [-0.2, -0.15) is 0 Å². The maximum absolute atomic E-state index is 12.4. The zero-order valence-electron chi connectivity index (χ0n) is 18.5. The largest absolute Gasteiger partial charge is 0.486 e. The second-order valence-electron chi connectivity index (χ2n) is 7.90. The number of nitrogens with one attached hydrogen (secondary N) is 1. The lowest BCUT2D eigenvalue weighted by Crippen LogP contribution is -2.32. The molecule has 31 heavy (non-hydrogen) atoms. The van der Waals surface area contributed by atoms with E-state index in [0.717, 1.165) is 16.7 Å². The number of nitrogens with zero attached hydrogens (tertiary/aromatic N) is 1. The first-order chi connectivity index (χ1) is 14.6. The average Bonchev–Trinajstić information content (AvgIpc) is 2.72. The monoisotopic (exact) mass is 446 g/mol. The summed E-state index contributed by atoms with van der Waals surface area (Å²) in [5.41, 5.74) is 3.67. The minimum Gasteiger partial charge on any atom is -0.486 e. The Morgan fingerprint density at radius 2 is 1.77 bits per heavy atom. The summed E-state index contributed by atoms with van der Waals surface area (Å²) in [5.74, 6) is 1.26. The van der Waals surface area contributed by atoms with Crippen molar-refractivity contribution in [2.24, 2.45) is 0 Å². The lowest BCUT2D eigenvalue weighted by molar-refractivity contribution is -0.121. The van der Waals surface area contributed by atoms with Gasteiger partial charge in [-0.1, -0.05) is 12.1 Å². The number of hydrogen-bond donors (Lipinski definition) is 1. The molecular formula is C23H30N2O5S. The van der Waals surface area contributed by atoms with Gasteiger partial charge in [0.05, 0.1) is 18.0 Å². The molecule has 0 radical (unpaired) electrons. The number of hydrogen-bond acceptors (Lipinski definition) is 5.